The first kappa shape index (κ1) is 15.3. The SMILES string of the molecule is CC(CC1CCCCN1)Nc1ccc([N+](=O)[O-])cc1Br. The lowest BCUT2D eigenvalue weighted by atomic mass is 9.98. The number of piperidine rings is 1. The van der Waals surface area contributed by atoms with Gasteiger partial charge in [-0.2, -0.15) is 0 Å². The van der Waals surface area contributed by atoms with Gasteiger partial charge >= 0.3 is 0 Å². The van der Waals surface area contributed by atoms with Crippen LogP contribution >= 0.6 is 15.9 Å². The van der Waals surface area contributed by atoms with Gasteiger partial charge in [0.15, 0.2) is 0 Å². The average Bonchev–Trinajstić information content (AvgIpc) is 2.42. The first-order chi connectivity index (χ1) is 9.56. The Kier molecular flexibility index (Phi) is 5.37. The molecule has 2 N–H and O–H groups in total. The van der Waals surface area contributed by atoms with Crippen LogP contribution in [0, 0.1) is 10.1 Å². The molecule has 1 aromatic carbocycles. The molecule has 2 unspecified atom stereocenters. The summed E-state index contributed by atoms with van der Waals surface area (Å²) in [6.07, 6.45) is 4.86. The van der Waals surface area contributed by atoms with Crippen LogP contribution in [0.4, 0.5) is 11.4 Å². The lowest BCUT2D eigenvalue weighted by Crippen LogP contribution is -2.37. The van der Waals surface area contributed by atoms with E-state index in [1.807, 2.05) is 0 Å². The summed E-state index contributed by atoms with van der Waals surface area (Å²) in [4.78, 5) is 10.3. The lowest BCUT2D eigenvalue weighted by Gasteiger charge is -2.27. The Morgan fingerprint density at radius 2 is 2.35 bits per heavy atom. The number of non-ortho nitro benzene ring substituents is 1. The molecule has 2 rings (SSSR count). The number of hydrogen-bond acceptors (Lipinski definition) is 4. The fourth-order valence-electron chi connectivity index (χ4n) is 2.61. The molecular formula is C14H20BrN3O2. The molecule has 1 fully saturated rings. The highest BCUT2D eigenvalue weighted by atomic mass is 79.9. The molecule has 0 saturated carbocycles. The number of anilines is 1. The second kappa shape index (κ2) is 7.04. The molecule has 110 valence electrons. The van der Waals surface area contributed by atoms with Crippen molar-refractivity contribution in [2.45, 2.75) is 44.7 Å². The summed E-state index contributed by atoms with van der Waals surface area (Å²) in [5, 5.41) is 17.7. The number of nitro groups is 1. The van der Waals surface area contributed by atoms with Gasteiger partial charge in [-0.1, -0.05) is 6.42 Å². The molecule has 2 atom stereocenters. The molecule has 1 aliphatic heterocycles. The molecule has 0 bridgehead atoms. The lowest BCUT2D eigenvalue weighted by molar-refractivity contribution is -0.384. The molecule has 1 heterocycles. The van der Waals surface area contributed by atoms with Crippen molar-refractivity contribution in [3.05, 3.63) is 32.8 Å². The van der Waals surface area contributed by atoms with Crippen LogP contribution in [-0.4, -0.2) is 23.6 Å². The zero-order valence-corrected chi connectivity index (χ0v) is 13.1. The van der Waals surface area contributed by atoms with E-state index < -0.39 is 0 Å². The van der Waals surface area contributed by atoms with Gasteiger partial charge in [-0.05, 0) is 54.7 Å². The number of nitrogens with zero attached hydrogens (tertiary/aromatic N) is 1. The van der Waals surface area contributed by atoms with Gasteiger partial charge < -0.3 is 10.6 Å². The molecule has 0 radical (unpaired) electrons. The summed E-state index contributed by atoms with van der Waals surface area (Å²) in [5.41, 5.74) is 1.00. The summed E-state index contributed by atoms with van der Waals surface area (Å²) in [6.45, 7) is 3.25. The van der Waals surface area contributed by atoms with Crippen LogP contribution in [0.25, 0.3) is 0 Å². The zero-order chi connectivity index (χ0) is 14.5. The van der Waals surface area contributed by atoms with Crippen LogP contribution in [0.2, 0.25) is 0 Å². The smallest absolute Gasteiger partial charge is 0.270 e. The van der Waals surface area contributed by atoms with Crippen molar-refractivity contribution in [2.24, 2.45) is 0 Å². The van der Waals surface area contributed by atoms with Gasteiger partial charge in [0.25, 0.3) is 5.69 Å². The van der Waals surface area contributed by atoms with E-state index in [4.69, 9.17) is 0 Å². The minimum Gasteiger partial charge on any atom is -0.382 e. The van der Waals surface area contributed by atoms with Crippen LogP contribution in [0.15, 0.2) is 22.7 Å². The Labute approximate surface area is 127 Å². The molecule has 1 aromatic rings. The third-order valence-electron chi connectivity index (χ3n) is 3.62. The van der Waals surface area contributed by atoms with Gasteiger partial charge in [0.2, 0.25) is 0 Å². The van der Waals surface area contributed by atoms with Crippen LogP contribution in [0.3, 0.4) is 0 Å². The average molecular weight is 342 g/mol. The van der Waals surface area contributed by atoms with Crippen molar-refractivity contribution in [1.82, 2.24) is 5.32 Å². The zero-order valence-electron chi connectivity index (χ0n) is 11.6. The number of benzene rings is 1. The molecule has 20 heavy (non-hydrogen) atoms. The molecule has 5 nitrogen and oxygen atoms in total. The van der Waals surface area contributed by atoms with E-state index in [0.717, 1.165) is 23.1 Å². The summed E-state index contributed by atoms with van der Waals surface area (Å²) in [7, 11) is 0. The highest BCUT2D eigenvalue weighted by Gasteiger charge is 2.17. The van der Waals surface area contributed by atoms with Crippen molar-refractivity contribution in [3.8, 4) is 0 Å². The first-order valence-electron chi connectivity index (χ1n) is 7.00. The molecule has 0 amide bonds. The minimum absolute atomic E-state index is 0.101. The monoisotopic (exact) mass is 341 g/mol. The maximum absolute atomic E-state index is 10.7. The van der Waals surface area contributed by atoms with Crippen LogP contribution < -0.4 is 10.6 Å². The maximum atomic E-state index is 10.7. The van der Waals surface area contributed by atoms with Gasteiger partial charge in [-0.3, -0.25) is 10.1 Å². The molecule has 6 heteroatoms. The normalized spacial score (nSPS) is 20.4. The van der Waals surface area contributed by atoms with Crippen LogP contribution in [0.5, 0.6) is 0 Å². The first-order valence-corrected chi connectivity index (χ1v) is 7.79. The van der Waals surface area contributed by atoms with Crippen molar-refractivity contribution in [2.75, 3.05) is 11.9 Å². The van der Waals surface area contributed by atoms with E-state index in [1.54, 1.807) is 6.07 Å². The fourth-order valence-corrected chi connectivity index (χ4v) is 3.09. The number of nitro benzene ring substituents is 1. The van der Waals surface area contributed by atoms with E-state index in [0.29, 0.717) is 12.1 Å². The fraction of sp³-hybridized carbons (Fsp3) is 0.571. The van der Waals surface area contributed by atoms with Crippen molar-refractivity contribution in [1.29, 1.82) is 0 Å². The predicted molar refractivity (Wildman–Crippen MR) is 84.1 cm³/mol. The Morgan fingerprint density at radius 1 is 1.55 bits per heavy atom. The summed E-state index contributed by atoms with van der Waals surface area (Å²) >= 11 is 3.39. The molecule has 0 aromatic heterocycles. The maximum Gasteiger partial charge on any atom is 0.270 e. The van der Waals surface area contributed by atoms with Gasteiger partial charge in [-0.15, -0.1) is 0 Å². The Hall–Kier alpha value is -1.14. The van der Waals surface area contributed by atoms with Gasteiger partial charge in [0, 0.05) is 34.4 Å². The van der Waals surface area contributed by atoms with Crippen molar-refractivity contribution in [3.63, 3.8) is 0 Å². The van der Waals surface area contributed by atoms with Gasteiger partial charge in [-0.25, -0.2) is 0 Å². The third-order valence-corrected chi connectivity index (χ3v) is 4.27. The largest absolute Gasteiger partial charge is 0.382 e. The quantitative estimate of drug-likeness (QED) is 0.633. The minimum atomic E-state index is -0.385. The van der Waals surface area contributed by atoms with Crippen molar-refractivity contribution >= 4 is 27.3 Å². The Morgan fingerprint density at radius 3 is 2.95 bits per heavy atom. The van der Waals surface area contributed by atoms with Gasteiger partial charge in [0.05, 0.1) is 4.92 Å². The van der Waals surface area contributed by atoms with E-state index in [-0.39, 0.29) is 10.6 Å². The van der Waals surface area contributed by atoms with Crippen LogP contribution in [0.1, 0.15) is 32.6 Å². The second-order valence-electron chi connectivity index (χ2n) is 5.35. The van der Waals surface area contributed by atoms with E-state index in [1.165, 1.54) is 31.4 Å². The highest BCUT2D eigenvalue weighted by Crippen LogP contribution is 2.28. The summed E-state index contributed by atoms with van der Waals surface area (Å²) in [6, 6.07) is 5.71. The summed E-state index contributed by atoms with van der Waals surface area (Å²) < 4.78 is 0.732. The Bertz CT molecular complexity index is 475. The second-order valence-corrected chi connectivity index (χ2v) is 6.20. The van der Waals surface area contributed by atoms with Crippen LogP contribution in [-0.2, 0) is 0 Å². The standard InChI is InChI=1S/C14H20BrN3O2/c1-10(8-11-4-2-3-7-16-11)17-14-6-5-12(18(19)20)9-13(14)15/h5-6,9-11,16-17H,2-4,7-8H2,1H3. The van der Waals surface area contributed by atoms with Gasteiger partial charge in [0.1, 0.15) is 0 Å². The molecule has 1 aliphatic rings. The third kappa shape index (κ3) is 4.18. The van der Waals surface area contributed by atoms with Crippen molar-refractivity contribution < 1.29 is 4.92 Å². The number of rotatable bonds is 5. The predicted octanol–water partition coefficient (Wildman–Crippen LogP) is 3.69. The van der Waals surface area contributed by atoms with E-state index in [2.05, 4.69) is 33.5 Å². The summed E-state index contributed by atoms with van der Waals surface area (Å²) in [5.74, 6) is 0. The van der Waals surface area contributed by atoms with E-state index in [9.17, 15) is 10.1 Å². The number of hydrogen-bond donors (Lipinski definition) is 2. The molecule has 0 aliphatic carbocycles. The topological polar surface area (TPSA) is 67.2 Å². The van der Waals surface area contributed by atoms with E-state index >= 15 is 0 Å². The molecule has 0 spiro atoms. The Balaban J connectivity index is 1.93. The number of halogens is 1. The number of nitrogens with one attached hydrogen (secondary N) is 2. The molecule has 1 saturated heterocycles. The molecular weight excluding hydrogens is 322 g/mol. The highest BCUT2D eigenvalue weighted by molar-refractivity contribution is 9.10.